The average Bonchev–Trinajstić information content (AvgIpc) is 2.57. The molecule has 2 aliphatic rings. The third-order valence-corrected chi connectivity index (χ3v) is 4.19. The van der Waals surface area contributed by atoms with Crippen LogP contribution >= 0.6 is 0 Å². The summed E-state index contributed by atoms with van der Waals surface area (Å²) in [5.74, 6) is 0.341. The zero-order chi connectivity index (χ0) is 12.4. The number of carbonyl (C=O) groups excluding carboxylic acids is 2. The van der Waals surface area contributed by atoms with Crippen LogP contribution in [0.15, 0.2) is 0 Å². The van der Waals surface area contributed by atoms with Gasteiger partial charge in [-0.25, -0.2) is 0 Å². The molecule has 0 aromatic carbocycles. The zero-order valence-electron chi connectivity index (χ0n) is 10.4. The van der Waals surface area contributed by atoms with Gasteiger partial charge in [-0.1, -0.05) is 19.8 Å². The van der Waals surface area contributed by atoms with Gasteiger partial charge in [0.1, 0.15) is 0 Å². The fourth-order valence-corrected chi connectivity index (χ4v) is 3.04. The number of hydrogen-bond acceptors (Lipinski definition) is 3. The average molecular weight is 239 g/mol. The lowest BCUT2D eigenvalue weighted by molar-refractivity contribution is -0.140. The molecule has 3 atom stereocenters. The molecular formula is C13H21NO3. The topological polar surface area (TPSA) is 57.6 Å². The summed E-state index contributed by atoms with van der Waals surface area (Å²) in [6, 6.07) is 0. The van der Waals surface area contributed by atoms with Crippen molar-refractivity contribution in [3.63, 3.8) is 0 Å². The van der Waals surface area contributed by atoms with Crippen LogP contribution in [-0.2, 0) is 9.59 Å². The van der Waals surface area contributed by atoms with Crippen molar-refractivity contribution in [2.75, 3.05) is 13.2 Å². The Hall–Kier alpha value is -0.900. The Morgan fingerprint density at radius 3 is 2.41 bits per heavy atom. The third kappa shape index (κ3) is 2.51. The first-order valence-electron chi connectivity index (χ1n) is 6.58. The SMILES string of the molecule is CC1CC(=O)N(CC2CCCCC2CO)C1=O. The third-order valence-electron chi connectivity index (χ3n) is 4.19. The number of aliphatic hydroxyl groups is 1. The van der Waals surface area contributed by atoms with Crippen LogP contribution in [0.5, 0.6) is 0 Å². The van der Waals surface area contributed by atoms with E-state index in [-0.39, 0.29) is 30.3 Å². The maximum absolute atomic E-state index is 11.8. The van der Waals surface area contributed by atoms with Gasteiger partial charge in [0.05, 0.1) is 0 Å². The van der Waals surface area contributed by atoms with Crippen molar-refractivity contribution >= 4 is 11.8 Å². The van der Waals surface area contributed by atoms with Gasteiger partial charge in [-0.2, -0.15) is 0 Å². The van der Waals surface area contributed by atoms with Gasteiger partial charge in [0.2, 0.25) is 11.8 Å². The van der Waals surface area contributed by atoms with E-state index in [1.165, 1.54) is 4.90 Å². The number of imide groups is 1. The molecule has 1 saturated heterocycles. The van der Waals surface area contributed by atoms with E-state index in [1.54, 1.807) is 0 Å². The highest BCUT2D eigenvalue weighted by Crippen LogP contribution is 2.32. The fourth-order valence-electron chi connectivity index (χ4n) is 3.04. The summed E-state index contributed by atoms with van der Waals surface area (Å²) in [4.78, 5) is 25.0. The van der Waals surface area contributed by atoms with E-state index in [1.807, 2.05) is 6.92 Å². The molecule has 96 valence electrons. The standard InChI is InChI=1S/C13H21NO3/c1-9-6-12(16)14(13(9)17)7-10-4-2-3-5-11(10)8-15/h9-11,15H,2-8H2,1H3. The normalized spacial score (nSPS) is 34.5. The quantitative estimate of drug-likeness (QED) is 0.752. The summed E-state index contributed by atoms with van der Waals surface area (Å²) in [5, 5.41) is 9.33. The maximum atomic E-state index is 11.8. The molecule has 0 aromatic rings. The summed E-state index contributed by atoms with van der Waals surface area (Å²) >= 11 is 0. The Kier molecular flexibility index (Phi) is 3.82. The minimum Gasteiger partial charge on any atom is -0.396 e. The number of rotatable bonds is 3. The predicted octanol–water partition coefficient (Wildman–Crippen LogP) is 1.18. The number of nitrogens with zero attached hydrogens (tertiary/aromatic N) is 1. The zero-order valence-corrected chi connectivity index (χ0v) is 10.4. The molecule has 2 rings (SSSR count). The highest BCUT2D eigenvalue weighted by atomic mass is 16.3. The number of amides is 2. The summed E-state index contributed by atoms with van der Waals surface area (Å²) in [7, 11) is 0. The van der Waals surface area contributed by atoms with Crippen molar-refractivity contribution in [2.24, 2.45) is 17.8 Å². The van der Waals surface area contributed by atoms with Crippen LogP contribution in [0.3, 0.4) is 0 Å². The first-order valence-corrected chi connectivity index (χ1v) is 6.58. The van der Waals surface area contributed by atoms with Crippen LogP contribution in [0, 0.1) is 17.8 Å². The highest BCUT2D eigenvalue weighted by molar-refractivity contribution is 6.03. The van der Waals surface area contributed by atoms with Crippen molar-refractivity contribution in [1.29, 1.82) is 0 Å². The van der Waals surface area contributed by atoms with Gasteiger partial charge in [-0.3, -0.25) is 14.5 Å². The summed E-state index contributed by atoms with van der Waals surface area (Å²) < 4.78 is 0. The van der Waals surface area contributed by atoms with Crippen LogP contribution < -0.4 is 0 Å². The molecule has 0 bridgehead atoms. The largest absolute Gasteiger partial charge is 0.396 e. The highest BCUT2D eigenvalue weighted by Gasteiger charge is 2.38. The van der Waals surface area contributed by atoms with Gasteiger partial charge in [-0.15, -0.1) is 0 Å². The van der Waals surface area contributed by atoms with Crippen LogP contribution in [-0.4, -0.2) is 35.0 Å². The number of likely N-dealkylation sites (tertiary alicyclic amines) is 1. The van der Waals surface area contributed by atoms with Crippen molar-refractivity contribution in [1.82, 2.24) is 4.90 Å². The van der Waals surface area contributed by atoms with E-state index in [9.17, 15) is 14.7 Å². The molecule has 1 aliphatic heterocycles. The second kappa shape index (κ2) is 5.17. The van der Waals surface area contributed by atoms with Crippen LogP contribution in [0.2, 0.25) is 0 Å². The van der Waals surface area contributed by atoms with Crippen LogP contribution in [0.4, 0.5) is 0 Å². The first-order chi connectivity index (χ1) is 8.13. The monoisotopic (exact) mass is 239 g/mol. The van der Waals surface area contributed by atoms with E-state index >= 15 is 0 Å². The van der Waals surface area contributed by atoms with Crippen molar-refractivity contribution in [2.45, 2.75) is 39.0 Å². The van der Waals surface area contributed by atoms with Gasteiger partial charge in [0.25, 0.3) is 0 Å². The lowest BCUT2D eigenvalue weighted by atomic mass is 9.79. The van der Waals surface area contributed by atoms with Crippen LogP contribution in [0.25, 0.3) is 0 Å². The molecule has 1 saturated carbocycles. The molecule has 4 nitrogen and oxygen atoms in total. The van der Waals surface area contributed by atoms with Gasteiger partial charge in [0, 0.05) is 25.5 Å². The molecule has 17 heavy (non-hydrogen) atoms. The second-order valence-corrected chi connectivity index (χ2v) is 5.43. The van der Waals surface area contributed by atoms with E-state index in [0.717, 1.165) is 25.7 Å². The lowest BCUT2D eigenvalue weighted by Crippen LogP contribution is -2.39. The second-order valence-electron chi connectivity index (χ2n) is 5.43. The molecule has 0 spiro atoms. The number of aliphatic hydroxyl groups excluding tert-OH is 1. The minimum absolute atomic E-state index is 0.0303. The van der Waals surface area contributed by atoms with E-state index in [0.29, 0.717) is 18.9 Å². The van der Waals surface area contributed by atoms with Gasteiger partial charge in [0.15, 0.2) is 0 Å². The summed E-state index contributed by atoms with van der Waals surface area (Å²) in [6.45, 7) is 2.51. The van der Waals surface area contributed by atoms with E-state index < -0.39 is 0 Å². The minimum atomic E-state index is -0.154. The summed E-state index contributed by atoms with van der Waals surface area (Å²) in [6.07, 6.45) is 4.70. The molecule has 3 unspecified atom stereocenters. The Balaban J connectivity index is 1.99. The van der Waals surface area contributed by atoms with Crippen molar-refractivity contribution in [3.8, 4) is 0 Å². The van der Waals surface area contributed by atoms with Crippen molar-refractivity contribution < 1.29 is 14.7 Å². The molecule has 1 aliphatic carbocycles. The molecule has 4 heteroatoms. The smallest absolute Gasteiger partial charge is 0.232 e. The Morgan fingerprint density at radius 2 is 1.88 bits per heavy atom. The molecule has 2 amide bonds. The molecule has 1 heterocycles. The number of hydrogen-bond donors (Lipinski definition) is 1. The molecule has 0 aromatic heterocycles. The fraction of sp³-hybridized carbons (Fsp3) is 0.846. The van der Waals surface area contributed by atoms with E-state index in [2.05, 4.69) is 0 Å². The van der Waals surface area contributed by atoms with E-state index in [4.69, 9.17) is 0 Å². The number of carbonyl (C=O) groups is 2. The Labute approximate surface area is 102 Å². The maximum Gasteiger partial charge on any atom is 0.232 e. The Bertz CT molecular complexity index is 316. The summed E-state index contributed by atoms with van der Waals surface area (Å²) in [5.41, 5.74) is 0. The molecule has 1 N–H and O–H groups in total. The van der Waals surface area contributed by atoms with Crippen LogP contribution in [0.1, 0.15) is 39.0 Å². The Morgan fingerprint density at radius 1 is 1.24 bits per heavy atom. The van der Waals surface area contributed by atoms with Gasteiger partial charge in [-0.05, 0) is 24.7 Å². The lowest BCUT2D eigenvalue weighted by Gasteiger charge is -2.32. The van der Waals surface area contributed by atoms with Gasteiger partial charge < -0.3 is 5.11 Å². The van der Waals surface area contributed by atoms with Gasteiger partial charge >= 0.3 is 0 Å². The molecular weight excluding hydrogens is 218 g/mol. The molecule has 0 radical (unpaired) electrons. The van der Waals surface area contributed by atoms with Crippen molar-refractivity contribution in [3.05, 3.63) is 0 Å². The predicted molar refractivity (Wildman–Crippen MR) is 63.0 cm³/mol. The molecule has 2 fully saturated rings. The first kappa shape index (κ1) is 12.6.